The van der Waals surface area contributed by atoms with Gasteiger partial charge < -0.3 is 0 Å². The Morgan fingerprint density at radius 2 is 1.82 bits per heavy atom. The number of fused-ring (bicyclic) bond motifs is 2. The SMILES string of the molecule is CC1=Cc2c(cccc2-n2ncc3ccccc32)[C@H]1[Zr].Cl.Cl. The van der Waals surface area contributed by atoms with Gasteiger partial charge >= 0.3 is 133 Å². The molecule has 0 aliphatic heterocycles. The van der Waals surface area contributed by atoms with Gasteiger partial charge in [-0.25, -0.2) is 0 Å². The second-order valence-electron chi connectivity index (χ2n) is 5.22. The summed E-state index contributed by atoms with van der Waals surface area (Å²) in [5, 5.41) is 5.77. The van der Waals surface area contributed by atoms with E-state index in [1.165, 1.54) is 33.3 Å². The number of aromatic nitrogens is 2. The number of nitrogens with zero attached hydrogens (tertiary/aromatic N) is 2. The van der Waals surface area contributed by atoms with E-state index in [1.807, 2.05) is 6.20 Å². The quantitative estimate of drug-likeness (QED) is 0.561. The maximum absolute atomic E-state index is 4.59. The molecule has 0 spiro atoms. The molecule has 0 unspecified atom stereocenters. The Hall–Kier alpha value is -0.887. The number of rotatable bonds is 1. The second kappa shape index (κ2) is 6.70. The van der Waals surface area contributed by atoms with Crippen LogP contribution >= 0.6 is 24.8 Å². The molecule has 0 amide bonds. The van der Waals surface area contributed by atoms with Gasteiger partial charge in [-0.1, -0.05) is 0 Å². The van der Waals surface area contributed by atoms with E-state index in [0.29, 0.717) is 3.63 Å². The molecular formula is C17H15Cl2N2Zr. The minimum absolute atomic E-state index is 0. The fourth-order valence-corrected chi connectivity index (χ4v) is 3.71. The summed E-state index contributed by atoms with van der Waals surface area (Å²) in [6.45, 7) is 2.23. The van der Waals surface area contributed by atoms with Crippen molar-refractivity contribution in [3.8, 4) is 5.69 Å². The summed E-state index contributed by atoms with van der Waals surface area (Å²) in [6, 6.07) is 14.9. The van der Waals surface area contributed by atoms with Crippen LogP contribution in [0.15, 0.2) is 54.2 Å². The molecule has 1 aliphatic carbocycles. The molecule has 111 valence electrons. The topological polar surface area (TPSA) is 17.8 Å². The van der Waals surface area contributed by atoms with Crippen molar-refractivity contribution >= 4 is 41.8 Å². The van der Waals surface area contributed by atoms with Gasteiger partial charge in [0, 0.05) is 0 Å². The normalized spacial score (nSPS) is 15.6. The molecule has 3 aromatic rings. The standard InChI is InChI=1S/C17H13N2.2ClH.Zr/c1-12-9-13-6-4-8-17(15(13)10-12)19-16-7-3-2-5-14(16)11-18-19;;;/h2-11H,1H3;2*1H;. The van der Waals surface area contributed by atoms with Gasteiger partial charge in [0.1, 0.15) is 0 Å². The molecule has 0 fully saturated rings. The Balaban J connectivity index is 0.000000882. The van der Waals surface area contributed by atoms with E-state index in [2.05, 4.69) is 65.2 Å². The molecule has 2 aromatic carbocycles. The van der Waals surface area contributed by atoms with Crippen LogP contribution in [0.2, 0.25) is 0 Å². The third kappa shape index (κ3) is 2.60. The van der Waals surface area contributed by atoms with E-state index in [1.54, 1.807) is 24.7 Å². The molecule has 1 atom stereocenters. The first-order valence-corrected chi connectivity index (χ1v) is 8.13. The Morgan fingerprint density at radius 3 is 2.64 bits per heavy atom. The minimum Gasteiger partial charge on any atom is -0.147 e. The monoisotopic (exact) mass is 407 g/mol. The first kappa shape index (κ1) is 17.5. The van der Waals surface area contributed by atoms with Gasteiger partial charge in [-0.2, -0.15) is 0 Å². The molecule has 4 rings (SSSR count). The zero-order valence-electron chi connectivity index (χ0n) is 12.0. The van der Waals surface area contributed by atoms with Crippen LogP contribution in [0.4, 0.5) is 0 Å². The van der Waals surface area contributed by atoms with Crippen molar-refractivity contribution in [1.82, 2.24) is 9.78 Å². The average molecular weight is 409 g/mol. The van der Waals surface area contributed by atoms with Gasteiger partial charge in [0.25, 0.3) is 0 Å². The fraction of sp³-hybridized carbons (Fsp3) is 0.118. The van der Waals surface area contributed by atoms with Crippen LogP contribution in [0.25, 0.3) is 22.7 Å². The number of benzene rings is 2. The largest absolute Gasteiger partial charge is 0.147 e. The summed E-state index contributed by atoms with van der Waals surface area (Å²) >= 11 is 1.55. The predicted octanol–water partition coefficient (Wildman–Crippen LogP) is 4.87. The maximum Gasteiger partial charge on any atom is -0.147 e. The number of halogens is 2. The molecule has 0 bridgehead atoms. The van der Waals surface area contributed by atoms with Crippen LogP contribution in [0.1, 0.15) is 21.7 Å². The van der Waals surface area contributed by atoms with Gasteiger partial charge in [0.2, 0.25) is 0 Å². The van der Waals surface area contributed by atoms with E-state index in [-0.39, 0.29) is 24.8 Å². The third-order valence-electron chi connectivity index (χ3n) is 3.96. The van der Waals surface area contributed by atoms with Crippen LogP contribution in [-0.4, -0.2) is 9.78 Å². The number of allylic oxidation sites excluding steroid dienone is 1. The van der Waals surface area contributed by atoms with Crippen LogP contribution in [0.5, 0.6) is 0 Å². The average Bonchev–Trinajstić information content (AvgIpc) is 3.02. The third-order valence-corrected chi connectivity index (χ3v) is 5.84. The van der Waals surface area contributed by atoms with Gasteiger partial charge in [-0.05, 0) is 0 Å². The summed E-state index contributed by atoms with van der Waals surface area (Å²) in [5.74, 6) is 0. The van der Waals surface area contributed by atoms with Gasteiger partial charge in [0.15, 0.2) is 0 Å². The summed E-state index contributed by atoms with van der Waals surface area (Å²) in [6.07, 6.45) is 4.26. The first-order chi connectivity index (χ1) is 9.75. The fourth-order valence-electron chi connectivity index (χ4n) is 2.88. The predicted molar refractivity (Wildman–Crippen MR) is 92.0 cm³/mol. The van der Waals surface area contributed by atoms with Crippen molar-refractivity contribution in [3.05, 3.63) is 65.4 Å². The van der Waals surface area contributed by atoms with E-state index in [9.17, 15) is 0 Å². The van der Waals surface area contributed by atoms with Crippen molar-refractivity contribution in [1.29, 1.82) is 0 Å². The Bertz CT molecular complexity index is 855. The van der Waals surface area contributed by atoms with Crippen LogP contribution in [-0.2, 0) is 24.7 Å². The molecule has 5 heteroatoms. The van der Waals surface area contributed by atoms with Crippen LogP contribution in [0, 0.1) is 0 Å². The zero-order chi connectivity index (χ0) is 13.7. The zero-order valence-corrected chi connectivity index (χ0v) is 16.1. The van der Waals surface area contributed by atoms with Gasteiger partial charge in [-0.3, -0.25) is 0 Å². The summed E-state index contributed by atoms with van der Waals surface area (Å²) in [7, 11) is 0. The Labute approximate surface area is 157 Å². The summed E-state index contributed by atoms with van der Waals surface area (Å²) in [4.78, 5) is 0. The van der Waals surface area contributed by atoms with Crippen LogP contribution < -0.4 is 0 Å². The van der Waals surface area contributed by atoms with E-state index >= 15 is 0 Å². The van der Waals surface area contributed by atoms with E-state index in [4.69, 9.17) is 0 Å². The van der Waals surface area contributed by atoms with Crippen LogP contribution in [0.3, 0.4) is 0 Å². The van der Waals surface area contributed by atoms with E-state index in [0.717, 1.165) is 0 Å². The minimum atomic E-state index is 0. The number of hydrogen-bond acceptors (Lipinski definition) is 1. The molecule has 0 saturated carbocycles. The van der Waals surface area contributed by atoms with Crippen molar-refractivity contribution in [2.75, 3.05) is 0 Å². The van der Waals surface area contributed by atoms with Crippen molar-refractivity contribution < 1.29 is 24.7 Å². The van der Waals surface area contributed by atoms with Crippen molar-refractivity contribution in [2.45, 2.75) is 10.5 Å². The summed E-state index contributed by atoms with van der Waals surface area (Å²) < 4.78 is 2.66. The molecule has 1 aromatic heterocycles. The molecule has 0 saturated heterocycles. The maximum atomic E-state index is 4.59. The Kier molecular flexibility index (Phi) is 5.32. The smallest absolute Gasteiger partial charge is 0.147 e. The summed E-state index contributed by atoms with van der Waals surface area (Å²) in [5.41, 5.74) is 6.59. The van der Waals surface area contributed by atoms with E-state index < -0.39 is 0 Å². The van der Waals surface area contributed by atoms with Gasteiger partial charge in [-0.15, -0.1) is 24.8 Å². The Morgan fingerprint density at radius 1 is 1.05 bits per heavy atom. The van der Waals surface area contributed by atoms with Crippen molar-refractivity contribution in [3.63, 3.8) is 0 Å². The molecule has 0 radical (unpaired) electrons. The molecule has 1 heterocycles. The number of hydrogen-bond donors (Lipinski definition) is 0. The second-order valence-corrected chi connectivity index (χ2v) is 6.64. The first-order valence-electron chi connectivity index (χ1n) is 6.71. The van der Waals surface area contributed by atoms with Gasteiger partial charge in [0.05, 0.1) is 0 Å². The molecule has 0 N–H and O–H groups in total. The number of para-hydroxylation sites is 1. The molecule has 1 aliphatic rings. The molecular weight excluding hydrogens is 394 g/mol. The molecule has 2 nitrogen and oxygen atoms in total. The molecule has 22 heavy (non-hydrogen) atoms. The van der Waals surface area contributed by atoms with Crippen molar-refractivity contribution in [2.24, 2.45) is 0 Å².